The molecule has 2 rings (SSSR count). The zero-order valence-corrected chi connectivity index (χ0v) is 11.4. The highest BCUT2D eigenvalue weighted by Crippen LogP contribution is 2.22. The van der Waals surface area contributed by atoms with Gasteiger partial charge in [-0.05, 0) is 22.8 Å². The van der Waals surface area contributed by atoms with Gasteiger partial charge in [-0.25, -0.2) is 0 Å². The number of fused-ring (bicyclic) bond motifs is 1. The molecule has 0 saturated carbocycles. The van der Waals surface area contributed by atoms with E-state index in [0.29, 0.717) is 12.2 Å². The minimum atomic E-state index is -0.232. The molecule has 0 unspecified atom stereocenters. The van der Waals surface area contributed by atoms with E-state index in [9.17, 15) is 4.79 Å². The Balaban J connectivity index is 2.20. The standard InChI is InChI=1S/C17H20O/c1-17(2,3)16(18)12-11-14-9-6-8-13-7-4-5-10-15(13)14/h4-10H,11-12H2,1-3H3. The Bertz CT molecular complexity index is 556. The summed E-state index contributed by atoms with van der Waals surface area (Å²) in [5, 5.41) is 2.51. The average Bonchev–Trinajstić information content (AvgIpc) is 2.34. The van der Waals surface area contributed by atoms with Gasteiger partial charge < -0.3 is 0 Å². The van der Waals surface area contributed by atoms with Gasteiger partial charge in [-0.1, -0.05) is 63.2 Å². The van der Waals surface area contributed by atoms with E-state index in [4.69, 9.17) is 0 Å². The number of aryl methyl sites for hydroxylation is 1. The van der Waals surface area contributed by atoms with Crippen LogP contribution in [0.3, 0.4) is 0 Å². The largest absolute Gasteiger partial charge is 0.299 e. The second-order valence-electron chi connectivity index (χ2n) is 5.81. The Morgan fingerprint density at radius 3 is 2.39 bits per heavy atom. The van der Waals surface area contributed by atoms with E-state index in [1.54, 1.807) is 0 Å². The van der Waals surface area contributed by atoms with Crippen LogP contribution in [0.15, 0.2) is 42.5 Å². The zero-order valence-electron chi connectivity index (χ0n) is 11.4. The second kappa shape index (κ2) is 4.93. The van der Waals surface area contributed by atoms with Crippen LogP contribution >= 0.6 is 0 Å². The Labute approximate surface area is 109 Å². The minimum absolute atomic E-state index is 0.232. The van der Waals surface area contributed by atoms with Crippen molar-refractivity contribution >= 4 is 16.6 Å². The Morgan fingerprint density at radius 2 is 1.67 bits per heavy atom. The van der Waals surface area contributed by atoms with Crippen LogP contribution in [-0.4, -0.2) is 5.78 Å². The molecule has 0 aliphatic heterocycles. The fraction of sp³-hybridized carbons (Fsp3) is 0.353. The van der Waals surface area contributed by atoms with Crippen LogP contribution in [0, 0.1) is 5.41 Å². The summed E-state index contributed by atoms with van der Waals surface area (Å²) in [5.41, 5.74) is 1.04. The molecule has 0 aliphatic rings. The summed E-state index contributed by atoms with van der Waals surface area (Å²) in [6.07, 6.45) is 1.45. The van der Waals surface area contributed by atoms with E-state index >= 15 is 0 Å². The average molecular weight is 240 g/mol. The van der Waals surface area contributed by atoms with Gasteiger partial charge in [0.2, 0.25) is 0 Å². The topological polar surface area (TPSA) is 17.1 Å². The van der Waals surface area contributed by atoms with Gasteiger partial charge in [0.25, 0.3) is 0 Å². The predicted octanol–water partition coefficient (Wildman–Crippen LogP) is 4.39. The molecule has 0 atom stereocenters. The molecule has 94 valence electrons. The molecule has 2 aromatic rings. The summed E-state index contributed by atoms with van der Waals surface area (Å²) >= 11 is 0. The van der Waals surface area contributed by atoms with Gasteiger partial charge in [-0.2, -0.15) is 0 Å². The van der Waals surface area contributed by atoms with Crippen molar-refractivity contribution in [2.45, 2.75) is 33.6 Å². The highest BCUT2D eigenvalue weighted by atomic mass is 16.1. The maximum Gasteiger partial charge on any atom is 0.138 e. The maximum absolute atomic E-state index is 12.0. The molecular formula is C17H20O. The first-order valence-corrected chi connectivity index (χ1v) is 6.48. The van der Waals surface area contributed by atoms with Crippen molar-refractivity contribution in [3.8, 4) is 0 Å². The lowest BCUT2D eigenvalue weighted by molar-refractivity contribution is -0.126. The molecule has 1 heteroatoms. The van der Waals surface area contributed by atoms with E-state index in [1.165, 1.54) is 16.3 Å². The number of ketones is 1. The number of benzene rings is 2. The van der Waals surface area contributed by atoms with Crippen molar-refractivity contribution < 1.29 is 4.79 Å². The molecule has 0 amide bonds. The van der Waals surface area contributed by atoms with Crippen molar-refractivity contribution in [3.63, 3.8) is 0 Å². The lowest BCUT2D eigenvalue weighted by Crippen LogP contribution is -2.20. The Hall–Kier alpha value is -1.63. The number of hydrogen-bond acceptors (Lipinski definition) is 1. The molecule has 18 heavy (non-hydrogen) atoms. The Morgan fingerprint density at radius 1 is 1.00 bits per heavy atom. The molecule has 0 fully saturated rings. The molecule has 0 N–H and O–H groups in total. The molecule has 0 radical (unpaired) electrons. The van der Waals surface area contributed by atoms with Crippen LogP contribution < -0.4 is 0 Å². The maximum atomic E-state index is 12.0. The number of carbonyl (C=O) groups is 1. The summed E-state index contributed by atoms with van der Waals surface area (Å²) in [4.78, 5) is 12.0. The lowest BCUT2D eigenvalue weighted by atomic mass is 9.87. The number of carbonyl (C=O) groups excluding carboxylic acids is 1. The first-order valence-electron chi connectivity index (χ1n) is 6.48. The fourth-order valence-electron chi connectivity index (χ4n) is 2.13. The lowest BCUT2D eigenvalue weighted by Gasteiger charge is -2.16. The SMILES string of the molecule is CC(C)(C)C(=O)CCc1cccc2ccccc12. The summed E-state index contributed by atoms with van der Waals surface area (Å²) in [6.45, 7) is 5.95. The zero-order chi connectivity index (χ0) is 13.2. The van der Waals surface area contributed by atoms with Gasteiger partial charge >= 0.3 is 0 Å². The van der Waals surface area contributed by atoms with Gasteiger partial charge in [0.15, 0.2) is 0 Å². The highest BCUT2D eigenvalue weighted by molar-refractivity contribution is 5.87. The number of rotatable bonds is 3. The molecule has 1 nitrogen and oxygen atoms in total. The van der Waals surface area contributed by atoms with E-state index in [2.05, 4.69) is 36.4 Å². The molecular weight excluding hydrogens is 220 g/mol. The third-order valence-electron chi connectivity index (χ3n) is 3.34. The van der Waals surface area contributed by atoms with Crippen LogP contribution in [0.2, 0.25) is 0 Å². The first kappa shape index (κ1) is 12.8. The smallest absolute Gasteiger partial charge is 0.138 e. The second-order valence-corrected chi connectivity index (χ2v) is 5.81. The van der Waals surface area contributed by atoms with Gasteiger partial charge in [-0.3, -0.25) is 4.79 Å². The molecule has 0 spiro atoms. The van der Waals surface area contributed by atoms with Crippen LogP contribution in [0.5, 0.6) is 0 Å². The quantitative estimate of drug-likeness (QED) is 0.777. The molecule has 2 aromatic carbocycles. The molecule has 0 saturated heterocycles. The van der Waals surface area contributed by atoms with E-state index in [0.717, 1.165) is 6.42 Å². The normalized spacial score (nSPS) is 11.7. The first-order chi connectivity index (χ1) is 8.48. The van der Waals surface area contributed by atoms with Crippen molar-refractivity contribution in [2.75, 3.05) is 0 Å². The van der Waals surface area contributed by atoms with Crippen molar-refractivity contribution in [3.05, 3.63) is 48.0 Å². The third-order valence-corrected chi connectivity index (χ3v) is 3.34. The fourth-order valence-corrected chi connectivity index (χ4v) is 2.13. The molecule has 0 aromatic heterocycles. The third kappa shape index (κ3) is 2.79. The van der Waals surface area contributed by atoms with E-state index in [1.807, 2.05) is 26.8 Å². The van der Waals surface area contributed by atoms with Crippen molar-refractivity contribution in [2.24, 2.45) is 5.41 Å². The molecule has 0 bridgehead atoms. The van der Waals surface area contributed by atoms with Gasteiger partial charge in [0.1, 0.15) is 5.78 Å². The summed E-state index contributed by atoms with van der Waals surface area (Å²) in [5.74, 6) is 0.329. The van der Waals surface area contributed by atoms with Crippen LogP contribution in [-0.2, 0) is 11.2 Å². The van der Waals surface area contributed by atoms with Gasteiger partial charge in [-0.15, -0.1) is 0 Å². The van der Waals surface area contributed by atoms with Gasteiger partial charge in [0, 0.05) is 11.8 Å². The van der Waals surface area contributed by atoms with E-state index in [-0.39, 0.29) is 5.41 Å². The number of Topliss-reactive ketones (excluding diaryl/α,β-unsaturated/α-hetero) is 1. The summed E-state index contributed by atoms with van der Waals surface area (Å²) in [7, 11) is 0. The van der Waals surface area contributed by atoms with Crippen molar-refractivity contribution in [1.82, 2.24) is 0 Å². The van der Waals surface area contributed by atoms with Crippen LogP contribution in [0.25, 0.3) is 10.8 Å². The van der Waals surface area contributed by atoms with Gasteiger partial charge in [0.05, 0.1) is 0 Å². The van der Waals surface area contributed by atoms with Crippen molar-refractivity contribution in [1.29, 1.82) is 0 Å². The minimum Gasteiger partial charge on any atom is -0.299 e. The highest BCUT2D eigenvalue weighted by Gasteiger charge is 2.20. The number of hydrogen-bond donors (Lipinski definition) is 0. The van der Waals surface area contributed by atoms with Crippen LogP contribution in [0.1, 0.15) is 32.8 Å². The molecule has 0 aliphatic carbocycles. The summed E-state index contributed by atoms with van der Waals surface area (Å²) in [6, 6.07) is 14.7. The van der Waals surface area contributed by atoms with E-state index < -0.39 is 0 Å². The predicted molar refractivity (Wildman–Crippen MR) is 76.7 cm³/mol. The molecule has 0 heterocycles. The van der Waals surface area contributed by atoms with Crippen LogP contribution in [0.4, 0.5) is 0 Å². The Kier molecular flexibility index (Phi) is 3.51. The monoisotopic (exact) mass is 240 g/mol. The summed E-state index contributed by atoms with van der Waals surface area (Å²) < 4.78 is 0.